The zero-order valence-electron chi connectivity index (χ0n) is 7.68. The largest absolute Gasteiger partial charge is 0.321 e. The molecular formula is C10H4Br3NO2. The number of hydrogen-bond acceptors (Lipinski definition) is 2. The smallest absolute Gasteiger partial charge is 0.249 e. The third-order valence-corrected chi connectivity index (χ3v) is 3.69. The van der Waals surface area contributed by atoms with Gasteiger partial charge in [0.2, 0.25) is 11.0 Å². The molecule has 1 aromatic heterocycles. The van der Waals surface area contributed by atoms with E-state index in [9.17, 15) is 9.59 Å². The Morgan fingerprint density at radius 3 is 2.31 bits per heavy atom. The fraction of sp³-hybridized carbons (Fsp3) is 0. The van der Waals surface area contributed by atoms with Crippen LogP contribution in [0, 0.1) is 0 Å². The number of benzene rings is 1. The van der Waals surface area contributed by atoms with Gasteiger partial charge in [-0.25, -0.2) is 0 Å². The third-order valence-electron chi connectivity index (χ3n) is 2.02. The molecule has 1 heterocycles. The fourth-order valence-corrected chi connectivity index (χ4v) is 3.09. The van der Waals surface area contributed by atoms with Gasteiger partial charge in [-0.15, -0.1) is 0 Å². The van der Waals surface area contributed by atoms with Crippen molar-refractivity contribution in [3.8, 4) is 0 Å². The maximum absolute atomic E-state index is 11.9. The number of aromatic nitrogens is 1. The number of hydrogen-bond donors (Lipinski definition) is 1. The van der Waals surface area contributed by atoms with Crippen LogP contribution < -0.4 is 11.0 Å². The topological polar surface area (TPSA) is 49.9 Å². The number of fused-ring (bicyclic) bond motifs is 1. The molecular weight excluding hydrogens is 406 g/mol. The quantitative estimate of drug-likeness (QED) is 0.726. The molecule has 0 aliphatic rings. The van der Waals surface area contributed by atoms with Gasteiger partial charge in [-0.2, -0.15) is 0 Å². The summed E-state index contributed by atoms with van der Waals surface area (Å²) in [6, 6.07) is 4.66. The second kappa shape index (κ2) is 4.43. The van der Waals surface area contributed by atoms with E-state index in [0.29, 0.717) is 15.4 Å². The van der Waals surface area contributed by atoms with Crippen LogP contribution in [-0.4, -0.2) is 4.98 Å². The molecule has 0 amide bonds. The van der Waals surface area contributed by atoms with Crippen molar-refractivity contribution in [1.82, 2.24) is 4.98 Å². The van der Waals surface area contributed by atoms with Crippen LogP contribution in [0.15, 0.2) is 41.2 Å². The van der Waals surface area contributed by atoms with Gasteiger partial charge in [0.15, 0.2) is 0 Å². The lowest BCUT2D eigenvalue weighted by Crippen LogP contribution is -1.99. The molecule has 0 aliphatic heterocycles. The predicted octanol–water partition coefficient (Wildman–Crippen LogP) is 3.18. The van der Waals surface area contributed by atoms with E-state index in [1.807, 2.05) is 0 Å². The summed E-state index contributed by atoms with van der Waals surface area (Å²) in [7, 11) is 0. The van der Waals surface area contributed by atoms with Gasteiger partial charge >= 0.3 is 0 Å². The number of aromatic amines is 1. The van der Waals surface area contributed by atoms with Crippen molar-refractivity contribution in [3.05, 3.63) is 52.2 Å². The number of H-pyrrole nitrogens is 1. The highest BCUT2D eigenvalue weighted by atomic mass is 79.9. The fourth-order valence-electron chi connectivity index (χ4n) is 1.35. The minimum absolute atomic E-state index is 0.227. The average Bonchev–Trinajstić information content (AvgIpc) is 2.29. The molecule has 2 rings (SSSR count). The molecule has 0 saturated carbocycles. The summed E-state index contributed by atoms with van der Waals surface area (Å²) in [5.41, 5.74) is -0.0683. The van der Waals surface area contributed by atoms with Crippen LogP contribution in [0.3, 0.4) is 0 Å². The first-order valence-corrected chi connectivity index (χ1v) is 6.59. The van der Waals surface area contributed by atoms with Gasteiger partial charge in [0.05, 0.1) is 9.99 Å². The first kappa shape index (κ1) is 12.0. The number of nitrogens with one attached hydrogen (secondary N) is 1. The van der Waals surface area contributed by atoms with Crippen molar-refractivity contribution < 1.29 is 0 Å². The SMILES string of the molecule is O=c1cc(Br)c(=O)c2cc(Br)cc(Br)c2[nH]1. The lowest BCUT2D eigenvalue weighted by atomic mass is 10.2. The summed E-state index contributed by atoms with van der Waals surface area (Å²) in [4.78, 5) is 26.0. The summed E-state index contributed by atoms with van der Waals surface area (Å²) in [6.07, 6.45) is 0. The number of halogens is 3. The minimum atomic E-state index is -0.331. The summed E-state index contributed by atoms with van der Waals surface area (Å²) < 4.78 is 1.67. The molecule has 3 nitrogen and oxygen atoms in total. The monoisotopic (exact) mass is 407 g/mol. The highest BCUT2D eigenvalue weighted by molar-refractivity contribution is 9.11. The van der Waals surface area contributed by atoms with E-state index in [1.54, 1.807) is 12.1 Å². The van der Waals surface area contributed by atoms with Gasteiger partial charge < -0.3 is 4.98 Å². The second-order valence-corrected chi connectivity index (χ2v) is 5.75. The van der Waals surface area contributed by atoms with E-state index in [1.165, 1.54) is 6.07 Å². The molecule has 0 fully saturated rings. The Kier molecular flexibility index (Phi) is 3.32. The Labute approximate surface area is 115 Å². The van der Waals surface area contributed by atoms with Crippen LogP contribution in [0.1, 0.15) is 0 Å². The molecule has 1 aromatic carbocycles. The van der Waals surface area contributed by atoms with Gasteiger partial charge in [0.1, 0.15) is 0 Å². The van der Waals surface area contributed by atoms with Gasteiger partial charge in [-0.05, 0) is 44.0 Å². The van der Waals surface area contributed by atoms with Crippen LogP contribution in [0.2, 0.25) is 0 Å². The predicted molar refractivity (Wildman–Crippen MR) is 73.9 cm³/mol. The third kappa shape index (κ3) is 2.14. The maximum atomic E-state index is 11.9. The summed E-state index contributed by atoms with van der Waals surface area (Å²) in [5, 5.41) is 0.440. The standard InChI is InChI=1S/C10H4Br3NO2/c11-4-1-5-9(6(12)2-4)14-8(15)3-7(13)10(5)16/h1-3H,(H,14,15). The van der Waals surface area contributed by atoms with E-state index in [4.69, 9.17) is 0 Å². The molecule has 1 N–H and O–H groups in total. The first-order chi connectivity index (χ1) is 7.49. The molecule has 0 spiro atoms. The minimum Gasteiger partial charge on any atom is -0.321 e. The van der Waals surface area contributed by atoms with Gasteiger partial charge in [-0.1, -0.05) is 15.9 Å². The Balaban J connectivity index is 3.19. The van der Waals surface area contributed by atoms with Crippen LogP contribution in [0.5, 0.6) is 0 Å². The van der Waals surface area contributed by atoms with Gasteiger partial charge in [-0.3, -0.25) is 9.59 Å². The van der Waals surface area contributed by atoms with E-state index < -0.39 is 0 Å². The van der Waals surface area contributed by atoms with Crippen LogP contribution in [-0.2, 0) is 0 Å². The first-order valence-electron chi connectivity index (χ1n) is 4.21. The lowest BCUT2D eigenvalue weighted by Gasteiger charge is -1.97. The molecule has 0 radical (unpaired) electrons. The molecule has 0 bridgehead atoms. The van der Waals surface area contributed by atoms with Crippen molar-refractivity contribution in [1.29, 1.82) is 0 Å². The Morgan fingerprint density at radius 2 is 1.62 bits per heavy atom. The maximum Gasteiger partial charge on any atom is 0.249 e. The molecule has 0 aliphatic carbocycles. The van der Waals surface area contributed by atoms with E-state index in [-0.39, 0.29) is 15.5 Å². The molecule has 0 unspecified atom stereocenters. The zero-order valence-corrected chi connectivity index (χ0v) is 12.4. The zero-order chi connectivity index (χ0) is 11.9. The van der Waals surface area contributed by atoms with E-state index in [0.717, 1.165) is 4.47 Å². The molecule has 2 aromatic rings. The van der Waals surface area contributed by atoms with Crippen molar-refractivity contribution in [2.75, 3.05) is 0 Å². The van der Waals surface area contributed by atoms with Crippen molar-refractivity contribution >= 4 is 58.7 Å². The lowest BCUT2D eigenvalue weighted by molar-refractivity contribution is 1.32. The molecule has 0 saturated heterocycles. The van der Waals surface area contributed by atoms with Crippen LogP contribution in [0.25, 0.3) is 10.9 Å². The van der Waals surface area contributed by atoms with Crippen LogP contribution >= 0.6 is 47.8 Å². The molecule has 6 heteroatoms. The highest BCUT2D eigenvalue weighted by Crippen LogP contribution is 2.24. The van der Waals surface area contributed by atoms with Gasteiger partial charge in [0, 0.05) is 20.4 Å². The summed E-state index contributed by atoms with van der Waals surface area (Å²) in [6.45, 7) is 0. The summed E-state index contributed by atoms with van der Waals surface area (Å²) in [5.74, 6) is 0. The van der Waals surface area contributed by atoms with Crippen molar-refractivity contribution in [2.24, 2.45) is 0 Å². The second-order valence-electron chi connectivity index (χ2n) is 3.12. The van der Waals surface area contributed by atoms with E-state index in [2.05, 4.69) is 52.8 Å². The van der Waals surface area contributed by atoms with Crippen molar-refractivity contribution in [2.45, 2.75) is 0 Å². The molecule has 16 heavy (non-hydrogen) atoms. The Morgan fingerprint density at radius 1 is 0.938 bits per heavy atom. The molecule has 0 atom stereocenters. The normalized spacial score (nSPS) is 10.7. The average molecular weight is 410 g/mol. The van der Waals surface area contributed by atoms with E-state index >= 15 is 0 Å². The Bertz CT molecular complexity index is 694. The van der Waals surface area contributed by atoms with Crippen molar-refractivity contribution in [3.63, 3.8) is 0 Å². The number of rotatable bonds is 0. The van der Waals surface area contributed by atoms with Gasteiger partial charge in [0.25, 0.3) is 0 Å². The molecule has 82 valence electrons. The Hall–Kier alpha value is -0.460. The summed E-state index contributed by atoms with van der Waals surface area (Å²) >= 11 is 9.69. The van der Waals surface area contributed by atoms with Crippen LogP contribution in [0.4, 0.5) is 0 Å². The highest BCUT2D eigenvalue weighted by Gasteiger charge is 2.06.